The second kappa shape index (κ2) is 6.51. The molecule has 100 valence electrons. The fourth-order valence-electron chi connectivity index (χ4n) is 1.38. The Morgan fingerprint density at radius 3 is 2.39 bits per heavy atom. The molecule has 0 spiro atoms. The van der Waals surface area contributed by atoms with Crippen LogP contribution >= 0.6 is 0 Å². The zero-order valence-corrected chi connectivity index (χ0v) is 11.0. The Balaban J connectivity index is 2.52. The standard InChI is InChI=1S/C12H17NO4S/c1-18(16,17)11-6-4-10(5-7-11)9-13-12(15)3-2-8-14/h4-7,14H,2-3,8-9H2,1H3,(H,13,15). The molecule has 0 heterocycles. The summed E-state index contributed by atoms with van der Waals surface area (Å²) in [6.07, 6.45) is 1.88. The van der Waals surface area contributed by atoms with Crippen LogP contribution in [0.2, 0.25) is 0 Å². The number of rotatable bonds is 6. The number of benzene rings is 1. The highest BCUT2D eigenvalue weighted by Gasteiger charge is 2.06. The van der Waals surface area contributed by atoms with Gasteiger partial charge < -0.3 is 10.4 Å². The fourth-order valence-corrected chi connectivity index (χ4v) is 2.01. The number of aliphatic hydroxyl groups is 1. The van der Waals surface area contributed by atoms with Crippen molar-refractivity contribution in [2.75, 3.05) is 12.9 Å². The van der Waals surface area contributed by atoms with Crippen LogP contribution in [0.5, 0.6) is 0 Å². The minimum Gasteiger partial charge on any atom is -0.396 e. The first-order valence-electron chi connectivity index (χ1n) is 5.60. The molecule has 1 aromatic carbocycles. The molecular formula is C12H17NO4S. The van der Waals surface area contributed by atoms with E-state index in [4.69, 9.17) is 5.11 Å². The molecule has 0 aromatic heterocycles. The number of amides is 1. The molecule has 0 saturated carbocycles. The zero-order valence-electron chi connectivity index (χ0n) is 10.2. The van der Waals surface area contributed by atoms with Gasteiger partial charge in [0.05, 0.1) is 4.90 Å². The van der Waals surface area contributed by atoms with Gasteiger partial charge >= 0.3 is 0 Å². The average Bonchev–Trinajstić information content (AvgIpc) is 2.33. The summed E-state index contributed by atoms with van der Waals surface area (Å²) in [5, 5.41) is 11.3. The maximum absolute atomic E-state index is 11.3. The minimum atomic E-state index is -3.18. The van der Waals surface area contributed by atoms with E-state index < -0.39 is 9.84 Å². The van der Waals surface area contributed by atoms with Crippen molar-refractivity contribution in [2.24, 2.45) is 0 Å². The molecule has 5 nitrogen and oxygen atoms in total. The lowest BCUT2D eigenvalue weighted by atomic mass is 10.2. The summed E-state index contributed by atoms with van der Waals surface area (Å²) < 4.78 is 22.5. The summed E-state index contributed by atoms with van der Waals surface area (Å²) in [6.45, 7) is 0.352. The van der Waals surface area contributed by atoms with Crippen LogP contribution in [0.1, 0.15) is 18.4 Å². The van der Waals surface area contributed by atoms with Gasteiger partial charge in [-0.25, -0.2) is 8.42 Å². The number of hydrogen-bond donors (Lipinski definition) is 2. The Kier molecular flexibility index (Phi) is 5.30. The Labute approximate surface area is 107 Å². The first kappa shape index (κ1) is 14.7. The molecule has 0 aliphatic rings. The largest absolute Gasteiger partial charge is 0.396 e. The highest BCUT2D eigenvalue weighted by atomic mass is 32.2. The van der Waals surface area contributed by atoms with Crippen molar-refractivity contribution in [1.29, 1.82) is 0 Å². The molecule has 0 radical (unpaired) electrons. The van der Waals surface area contributed by atoms with Gasteiger partial charge in [0.2, 0.25) is 5.91 Å². The second-order valence-electron chi connectivity index (χ2n) is 4.02. The minimum absolute atomic E-state index is 0.00350. The van der Waals surface area contributed by atoms with E-state index in [9.17, 15) is 13.2 Å². The number of sulfone groups is 1. The van der Waals surface area contributed by atoms with E-state index in [-0.39, 0.29) is 23.8 Å². The monoisotopic (exact) mass is 271 g/mol. The number of hydrogen-bond acceptors (Lipinski definition) is 4. The Hall–Kier alpha value is -1.40. The van der Waals surface area contributed by atoms with Crippen molar-refractivity contribution in [3.05, 3.63) is 29.8 Å². The molecular weight excluding hydrogens is 254 g/mol. The SMILES string of the molecule is CS(=O)(=O)c1ccc(CNC(=O)CCCO)cc1. The second-order valence-corrected chi connectivity index (χ2v) is 6.04. The van der Waals surface area contributed by atoms with Gasteiger partial charge in [-0.15, -0.1) is 0 Å². The summed E-state index contributed by atoms with van der Waals surface area (Å²) in [5.74, 6) is -0.128. The summed E-state index contributed by atoms with van der Waals surface area (Å²) in [5.41, 5.74) is 0.833. The molecule has 0 aliphatic carbocycles. The van der Waals surface area contributed by atoms with Gasteiger partial charge in [0.1, 0.15) is 0 Å². The molecule has 0 saturated heterocycles. The molecule has 1 amide bonds. The maximum atomic E-state index is 11.3. The van der Waals surface area contributed by atoms with E-state index in [0.29, 0.717) is 13.0 Å². The van der Waals surface area contributed by atoms with E-state index in [1.807, 2.05) is 0 Å². The predicted molar refractivity (Wildman–Crippen MR) is 67.7 cm³/mol. The van der Waals surface area contributed by atoms with Gasteiger partial charge in [-0.2, -0.15) is 0 Å². The summed E-state index contributed by atoms with van der Waals surface area (Å²) in [4.78, 5) is 11.5. The van der Waals surface area contributed by atoms with Crippen molar-refractivity contribution >= 4 is 15.7 Å². The van der Waals surface area contributed by atoms with Crippen molar-refractivity contribution < 1.29 is 18.3 Å². The molecule has 2 N–H and O–H groups in total. The smallest absolute Gasteiger partial charge is 0.220 e. The molecule has 18 heavy (non-hydrogen) atoms. The topological polar surface area (TPSA) is 83.5 Å². The van der Waals surface area contributed by atoms with E-state index in [2.05, 4.69) is 5.32 Å². The highest BCUT2D eigenvalue weighted by Crippen LogP contribution is 2.10. The van der Waals surface area contributed by atoms with Gasteiger partial charge in [-0.3, -0.25) is 4.79 Å². The Bertz CT molecular complexity index is 493. The van der Waals surface area contributed by atoms with Crippen LogP contribution in [0, 0.1) is 0 Å². The summed E-state index contributed by atoms with van der Waals surface area (Å²) >= 11 is 0. The first-order valence-corrected chi connectivity index (χ1v) is 7.49. The van der Waals surface area contributed by atoms with Crippen molar-refractivity contribution in [2.45, 2.75) is 24.3 Å². The van der Waals surface area contributed by atoms with Crippen LogP contribution in [0.25, 0.3) is 0 Å². The van der Waals surface area contributed by atoms with Crippen molar-refractivity contribution in [3.8, 4) is 0 Å². The highest BCUT2D eigenvalue weighted by molar-refractivity contribution is 7.90. The van der Waals surface area contributed by atoms with Gasteiger partial charge in [-0.05, 0) is 24.1 Å². The van der Waals surface area contributed by atoms with Crippen molar-refractivity contribution in [1.82, 2.24) is 5.32 Å². The third-order valence-electron chi connectivity index (χ3n) is 2.40. The lowest BCUT2D eigenvalue weighted by Crippen LogP contribution is -2.22. The van der Waals surface area contributed by atoms with Gasteiger partial charge in [0, 0.05) is 25.8 Å². The fraction of sp³-hybridized carbons (Fsp3) is 0.417. The molecule has 1 aromatic rings. The quantitative estimate of drug-likeness (QED) is 0.788. The number of carbonyl (C=O) groups excluding carboxylic acids is 1. The zero-order chi connectivity index (χ0) is 13.6. The molecule has 0 bridgehead atoms. The lowest BCUT2D eigenvalue weighted by molar-refractivity contribution is -0.121. The third kappa shape index (κ3) is 4.85. The van der Waals surface area contributed by atoms with E-state index >= 15 is 0 Å². The molecule has 0 fully saturated rings. The van der Waals surface area contributed by atoms with Crippen LogP contribution in [-0.2, 0) is 21.2 Å². The van der Waals surface area contributed by atoms with Gasteiger partial charge in [0.25, 0.3) is 0 Å². The van der Waals surface area contributed by atoms with Gasteiger partial charge in [0.15, 0.2) is 9.84 Å². The average molecular weight is 271 g/mol. The van der Waals surface area contributed by atoms with Gasteiger partial charge in [-0.1, -0.05) is 12.1 Å². The maximum Gasteiger partial charge on any atom is 0.220 e. The Morgan fingerprint density at radius 2 is 1.89 bits per heavy atom. The molecule has 6 heteroatoms. The third-order valence-corrected chi connectivity index (χ3v) is 3.53. The summed E-state index contributed by atoms with van der Waals surface area (Å²) in [7, 11) is -3.18. The summed E-state index contributed by atoms with van der Waals surface area (Å²) in [6, 6.07) is 6.38. The van der Waals surface area contributed by atoms with E-state index in [1.54, 1.807) is 12.1 Å². The number of aliphatic hydroxyl groups excluding tert-OH is 1. The molecule has 0 atom stereocenters. The molecule has 0 aliphatic heterocycles. The van der Waals surface area contributed by atoms with E-state index in [0.717, 1.165) is 11.8 Å². The van der Waals surface area contributed by atoms with Crippen LogP contribution in [0.4, 0.5) is 0 Å². The Morgan fingerprint density at radius 1 is 1.28 bits per heavy atom. The van der Waals surface area contributed by atoms with Crippen LogP contribution < -0.4 is 5.32 Å². The van der Waals surface area contributed by atoms with Crippen LogP contribution in [0.15, 0.2) is 29.2 Å². The van der Waals surface area contributed by atoms with Crippen LogP contribution in [-0.4, -0.2) is 32.3 Å². The predicted octanol–water partition coefficient (Wildman–Crippen LogP) is 0.479. The lowest BCUT2D eigenvalue weighted by Gasteiger charge is -2.05. The van der Waals surface area contributed by atoms with Crippen LogP contribution in [0.3, 0.4) is 0 Å². The number of nitrogens with one attached hydrogen (secondary N) is 1. The number of carbonyl (C=O) groups is 1. The van der Waals surface area contributed by atoms with E-state index in [1.165, 1.54) is 12.1 Å². The molecule has 1 rings (SSSR count). The molecule has 0 unspecified atom stereocenters. The first-order chi connectivity index (χ1) is 8.43. The normalized spacial score (nSPS) is 11.2. The van der Waals surface area contributed by atoms with Crippen molar-refractivity contribution in [3.63, 3.8) is 0 Å².